The predicted octanol–water partition coefficient (Wildman–Crippen LogP) is 2.89. The molecule has 0 saturated heterocycles. The van der Waals surface area contributed by atoms with E-state index < -0.39 is 5.41 Å². The first-order chi connectivity index (χ1) is 8.34. The molecule has 0 aliphatic rings. The summed E-state index contributed by atoms with van der Waals surface area (Å²) in [4.78, 5) is 12.2. The molecular weight excluding hydrogens is 283 g/mol. The normalized spacial score (nSPS) is 12.5. The van der Waals surface area contributed by atoms with Crippen LogP contribution in [0.3, 0.4) is 0 Å². The van der Waals surface area contributed by atoms with Crippen LogP contribution in [0.5, 0.6) is 0 Å². The second-order valence-electron chi connectivity index (χ2n) is 5.16. The molecule has 5 heteroatoms. The van der Waals surface area contributed by atoms with E-state index in [2.05, 4.69) is 5.32 Å². The molecule has 1 rings (SSSR count). The van der Waals surface area contributed by atoms with Crippen LogP contribution in [0.1, 0.15) is 32.8 Å². The van der Waals surface area contributed by atoms with Gasteiger partial charge in [0.1, 0.15) is 0 Å². The van der Waals surface area contributed by atoms with Crippen LogP contribution < -0.4 is 11.1 Å². The first-order valence-corrected chi connectivity index (χ1v) is 6.51. The molecule has 0 aliphatic carbocycles. The lowest BCUT2D eigenvalue weighted by atomic mass is 9.83. The summed E-state index contributed by atoms with van der Waals surface area (Å²) in [5.41, 5.74) is 5.97. The van der Waals surface area contributed by atoms with Crippen LogP contribution in [0.2, 0.25) is 5.02 Å². The molecule has 3 N–H and O–H groups in total. The van der Waals surface area contributed by atoms with Crippen molar-refractivity contribution in [2.24, 2.45) is 5.73 Å². The molecule has 0 aliphatic heterocycles. The zero-order valence-electron chi connectivity index (χ0n) is 11.6. The summed E-state index contributed by atoms with van der Waals surface area (Å²) in [6, 6.07) is 7.49. The van der Waals surface area contributed by atoms with Crippen molar-refractivity contribution in [3.05, 3.63) is 34.9 Å². The molecule has 3 nitrogen and oxygen atoms in total. The molecule has 108 valence electrons. The van der Waals surface area contributed by atoms with Crippen LogP contribution in [-0.4, -0.2) is 18.5 Å². The monoisotopic (exact) mass is 304 g/mol. The van der Waals surface area contributed by atoms with Gasteiger partial charge in [-0.2, -0.15) is 0 Å². The number of halogens is 2. The molecule has 0 radical (unpaired) electrons. The lowest BCUT2D eigenvalue weighted by Gasteiger charge is -2.24. The van der Waals surface area contributed by atoms with E-state index in [-0.39, 0.29) is 24.4 Å². The van der Waals surface area contributed by atoms with Gasteiger partial charge in [-0.05, 0) is 44.9 Å². The number of carbonyl (C=O) groups excluding carboxylic acids is 1. The van der Waals surface area contributed by atoms with Crippen molar-refractivity contribution in [3.63, 3.8) is 0 Å². The fourth-order valence-electron chi connectivity index (χ4n) is 1.64. The van der Waals surface area contributed by atoms with Crippen molar-refractivity contribution in [2.45, 2.75) is 38.6 Å². The number of amides is 1. The molecule has 1 aromatic rings. The van der Waals surface area contributed by atoms with Gasteiger partial charge in [0.15, 0.2) is 0 Å². The molecule has 0 bridgehead atoms. The Bertz CT molecular complexity index is 420. The summed E-state index contributed by atoms with van der Waals surface area (Å²) >= 11 is 5.95. The summed E-state index contributed by atoms with van der Waals surface area (Å²) < 4.78 is 0. The molecule has 1 aromatic carbocycles. The summed E-state index contributed by atoms with van der Waals surface area (Å²) in [5.74, 6) is -0.00887. The third-order valence-electron chi connectivity index (χ3n) is 3.00. The first-order valence-electron chi connectivity index (χ1n) is 6.14. The van der Waals surface area contributed by atoms with E-state index in [1.807, 2.05) is 39.0 Å². The second-order valence-corrected chi connectivity index (χ2v) is 5.59. The van der Waals surface area contributed by atoms with Crippen molar-refractivity contribution < 1.29 is 4.79 Å². The van der Waals surface area contributed by atoms with Gasteiger partial charge in [-0.3, -0.25) is 4.79 Å². The maximum absolute atomic E-state index is 12.2. The number of nitrogens with two attached hydrogens (primary N) is 1. The highest BCUT2D eigenvalue weighted by Crippen LogP contribution is 2.25. The predicted molar refractivity (Wildman–Crippen MR) is 83.0 cm³/mol. The number of benzene rings is 1. The largest absolute Gasteiger partial charge is 0.355 e. The standard InChI is InChI=1S/C14H21ClN2O.ClH/c1-10(16)7-8-17-13(18)14(2,3)11-5-4-6-12(15)9-11;/h4-6,9-10H,7-8,16H2,1-3H3,(H,17,18);1H. The van der Waals surface area contributed by atoms with Crippen molar-refractivity contribution in [2.75, 3.05) is 6.54 Å². The molecule has 19 heavy (non-hydrogen) atoms. The van der Waals surface area contributed by atoms with E-state index in [9.17, 15) is 4.79 Å². The minimum absolute atomic E-state index is 0. The smallest absolute Gasteiger partial charge is 0.230 e. The van der Waals surface area contributed by atoms with Gasteiger partial charge in [0.2, 0.25) is 5.91 Å². The maximum atomic E-state index is 12.2. The molecule has 0 fully saturated rings. The van der Waals surface area contributed by atoms with Gasteiger partial charge in [-0.15, -0.1) is 12.4 Å². The Morgan fingerprint density at radius 3 is 2.63 bits per heavy atom. The highest BCUT2D eigenvalue weighted by atomic mass is 35.5. The summed E-state index contributed by atoms with van der Waals surface area (Å²) in [5, 5.41) is 3.55. The molecule has 0 spiro atoms. The van der Waals surface area contributed by atoms with Gasteiger partial charge >= 0.3 is 0 Å². The van der Waals surface area contributed by atoms with E-state index in [4.69, 9.17) is 17.3 Å². The highest BCUT2D eigenvalue weighted by molar-refractivity contribution is 6.30. The topological polar surface area (TPSA) is 55.1 Å². The first kappa shape index (κ1) is 18.2. The molecule has 1 unspecified atom stereocenters. The van der Waals surface area contributed by atoms with Crippen LogP contribution >= 0.6 is 24.0 Å². The van der Waals surface area contributed by atoms with E-state index in [1.54, 1.807) is 6.07 Å². The number of rotatable bonds is 5. The van der Waals surface area contributed by atoms with E-state index in [1.165, 1.54) is 0 Å². The number of nitrogens with one attached hydrogen (secondary N) is 1. The average Bonchev–Trinajstić information content (AvgIpc) is 2.28. The molecule has 1 atom stereocenters. The maximum Gasteiger partial charge on any atom is 0.230 e. The van der Waals surface area contributed by atoms with Crippen LogP contribution in [0.25, 0.3) is 0 Å². The van der Waals surface area contributed by atoms with Crippen molar-refractivity contribution in [1.29, 1.82) is 0 Å². The van der Waals surface area contributed by atoms with Crippen LogP contribution in [0.15, 0.2) is 24.3 Å². The molecular formula is C14H22Cl2N2O. The third kappa shape index (κ3) is 5.39. The molecule has 0 aromatic heterocycles. The number of carbonyl (C=O) groups is 1. The van der Waals surface area contributed by atoms with Crippen molar-refractivity contribution in [1.82, 2.24) is 5.32 Å². The van der Waals surface area contributed by atoms with E-state index in [0.29, 0.717) is 11.6 Å². The SMILES string of the molecule is CC(N)CCNC(=O)C(C)(C)c1cccc(Cl)c1.Cl. The van der Waals surface area contributed by atoms with Gasteiger partial charge in [-0.1, -0.05) is 23.7 Å². The molecule has 0 heterocycles. The average molecular weight is 305 g/mol. The molecule has 0 saturated carbocycles. The molecule has 1 amide bonds. The Morgan fingerprint density at radius 2 is 2.11 bits per heavy atom. The van der Waals surface area contributed by atoms with Gasteiger partial charge in [0.25, 0.3) is 0 Å². The lowest BCUT2D eigenvalue weighted by molar-refractivity contribution is -0.125. The van der Waals surface area contributed by atoms with Crippen LogP contribution in [-0.2, 0) is 10.2 Å². The Labute approximate surface area is 126 Å². The fourth-order valence-corrected chi connectivity index (χ4v) is 1.83. The van der Waals surface area contributed by atoms with Crippen molar-refractivity contribution in [3.8, 4) is 0 Å². The summed E-state index contributed by atoms with van der Waals surface area (Å²) in [7, 11) is 0. The minimum atomic E-state index is -0.595. The lowest BCUT2D eigenvalue weighted by Crippen LogP contribution is -2.41. The summed E-state index contributed by atoms with van der Waals surface area (Å²) in [6.07, 6.45) is 0.775. The van der Waals surface area contributed by atoms with E-state index >= 15 is 0 Å². The Hall–Kier alpha value is -0.770. The number of hydrogen-bond donors (Lipinski definition) is 2. The number of hydrogen-bond acceptors (Lipinski definition) is 2. The summed E-state index contributed by atoms with van der Waals surface area (Å²) in [6.45, 7) is 6.30. The van der Waals surface area contributed by atoms with E-state index in [0.717, 1.165) is 12.0 Å². The van der Waals surface area contributed by atoms with Gasteiger partial charge in [0, 0.05) is 17.6 Å². The van der Waals surface area contributed by atoms with Gasteiger partial charge in [-0.25, -0.2) is 0 Å². The minimum Gasteiger partial charge on any atom is -0.355 e. The zero-order chi connectivity index (χ0) is 13.8. The zero-order valence-corrected chi connectivity index (χ0v) is 13.1. The van der Waals surface area contributed by atoms with Crippen molar-refractivity contribution >= 4 is 29.9 Å². The quantitative estimate of drug-likeness (QED) is 0.879. The Balaban J connectivity index is 0.00000324. The third-order valence-corrected chi connectivity index (χ3v) is 3.23. The Morgan fingerprint density at radius 1 is 1.47 bits per heavy atom. The van der Waals surface area contributed by atoms with Gasteiger partial charge in [0.05, 0.1) is 5.41 Å². The second kappa shape index (κ2) is 7.73. The highest BCUT2D eigenvalue weighted by Gasteiger charge is 2.29. The van der Waals surface area contributed by atoms with Gasteiger partial charge < -0.3 is 11.1 Å². The Kier molecular flexibility index (Phi) is 7.42. The van der Waals surface area contributed by atoms with Crippen LogP contribution in [0.4, 0.5) is 0 Å². The fraction of sp³-hybridized carbons (Fsp3) is 0.500. The van der Waals surface area contributed by atoms with Crippen LogP contribution in [0, 0.1) is 0 Å².